The number of carboxylic acid groups (broad SMARTS) is 1. The van der Waals surface area contributed by atoms with Gasteiger partial charge >= 0.3 is 12.1 Å². The Balaban J connectivity index is 1.84. The predicted molar refractivity (Wildman–Crippen MR) is 100 cm³/mol. The van der Waals surface area contributed by atoms with Crippen molar-refractivity contribution in [1.82, 2.24) is 9.80 Å². The molecule has 2 fully saturated rings. The smallest absolute Gasteiger partial charge is 0.410 e. The molecule has 3 aliphatic rings. The Morgan fingerprint density at radius 3 is 2.75 bits per heavy atom. The zero-order chi connectivity index (χ0) is 20.6. The van der Waals surface area contributed by atoms with Crippen LogP contribution in [0.3, 0.4) is 0 Å². The summed E-state index contributed by atoms with van der Waals surface area (Å²) in [6, 6.07) is -0.509. The van der Waals surface area contributed by atoms with Crippen molar-refractivity contribution in [1.29, 1.82) is 0 Å². The highest BCUT2D eigenvalue weighted by molar-refractivity contribution is 6.00. The number of hydrogen-bond donors (Lipinski definition) is 2. The largest absolute Gasteiger partial charge is 0.477 e. The Bertz CT molecular complexity index is 769. The quantitative estimate of drug-likeness (QED) is 0.528. The van der Waals surface area contributed by atoms with Gasteiger partial charge in [-0.3, -0.25) is 4.79 Å². The van der Waals surface area contributed by atoms with Gasteiger partial charge in [0.25, 0.3) is 0 Å². The summed E-state index contributed by atoms with van der Waals surface area (Å²) in [6.07, 6.45) is 4.13. The fourth-order valence-corrected chi connectivity index (χ4v) is 4.41. The summed E-state index contributed by atoms with van der Waals surface area (Å²) in [7, 11) is 0. The highest BCUT2D eigenvalue weighted by Crippen LogP contribution is 2.45. The summed E-state index contributed by atoms with van der Waals surface area (Å²) in [4.78, 5) is 39.3. The summed E-state index contributed by atoms with van der Waals surface area (Å²) in [5.74, 6) is -2.08. The van der Waals surface area contributed by atoms with Crippen molar-refractivity contribution in [2.45, 2.75) is 51.3 Å². The number of β-lactam (4-membered cyclic amide) rings is 1. The lowest BCUT2D eigenvalue weighted by Gasteiger charge is -2.44. The molecule has 0 aliphatic carbocycles. The van der Waals surface area contributed by atoms with Gasteiger partial charge in [0.1, 0.15) is 12.3 Å². The van der Waals surface area contributed by atoms with Crippen molar-refractivity contribution in [3.63, 3.8) is 0 Å². The van der Waals surface area contributed by atoms with Crippen LogP contribution in [0.4, 0.5) is 4.79 Å². The zero-order valence-corrected chi connectivity index (χ0v) is 16.1. The molecule has 0 aromatic heterocycles. The topological polar surface area (TPSA) is 107 Å². The number of carboxylic acids is 1. The number of aliphatic hydroxyl groups excluding tert-OH is 1. The molecule has 2 amide bonds. The number of carbonyl (C=O) groups is 3. The normalized spacial score (nSPS) is 28.2. The first-order chi connectivity index (χ1) is 13.3. The number of rotatable bonds is 6. The van der Waals surface area contributed by atoms with Crippen molar-refractivity contribution < 1.29 is 29.3 Å². The summed E-state index contributed by atoms with van der Waals surface area (Å²) in [6.45, 7) is 7.59. The van der Waals surface area contributed by atoms with E-state index in [0.29, 0.717) is 18.5 Å². The standard InChI is InChI=1S/C20H26N2O6/c1-4-8-28-20(27)21-7-5-6-13(21)9-11(2)14-10-15-16(12(3)23)18(24)22(15)17(14)19(25)26/h4,9,12-13,15-16,23H,1,5-8,10H2,2-3H3,(H,25,26)/t12-,13-,15-,16-/m1/s1. The van der Waals surface area contributed by atoms with Crippen molar-refractivity contribution in [3.8, 4) is 0 Å². The fraction of sp³-hybridized carbons (Fsp3) is 0.550. The summed E-state index contributed by atoms with van der Waals surface area (Å²) in [5.41, 5.74) is 1.30. The van der Waals surface area contributed by atoms with Gasteiger partial charge in [-0.2, -0.15) is 0 Å². The van der Waals surface area contributed by atoms with Crippen LogP contribution in [-0.2, 0) is 14.3 Å². The first-order valence-electron chi connectivity index (χ1n) is 9.48. The van der Waals surface area contributed by atoms with E-state index >= 15 is 0 Å². The lowest BCUT2D eigenvalue weighted by molar-refractivity contribution is -0.161. The van der Waals surface area contributed by atoms with E-state index in [1.807, 2.05) is 6.08 Å². The molecule has 0 spiro atoms. The number of hydrogen-bond acceptors (Lipinski definition) is 5. The van der Waals surface area contributed by atoms with Crippen molar-refractivity contribution in [3.05, 3.63) is 35.6 Å². The molecular formula is C20H26N2O6. The van der Waals surface area contributed by atoms with E-state index in [0.717, 1.165) is 18.4 Å². The number of ether oxygens (including phenoxy) is 1. The molecule has 0 radical (unpaired) electrons. The maximum Gasteiger partial charge on any atom is 0.410 e. The second-order valence-electron chi connectivity index (χ2n) is 7.50. The van der Waals surface area contributed by atoms with Crippen LogP contribution in [0.15, 0.2) is 35.6 Å². The second-order valence-corrected chi connectivity index (χ2v) is 7.50. The molecule has 3 aliphatic heterocycles. The Morgan fingerprint density at radius 2 is 2.14 bits per heavy atom. The van der Waals surface area contributed by atoms with Crippen molar-refractivity contribution >= 4 is 18.0 Å². The SMILES string of the molecule is C=CCOC(=O)N1CCC[C@@H]1C=C(C)C1=C(C(=O)O)N2C(=O)[C@H]([C@@H](C)O)[C@H]2C1. The van der Waals surface area contributed by atoms with Gasteiger partial charge in [0.2, 0.25) is 5.91 Å². The van der Waals surface area contributed by atoms with Gasteiger partial charge in [0.15, 0.2) is 0 Å². The average Bonchev–Trinajstić information content (AvgIpc) is 3.21. The van der Waals surface area contributed by atoms with Crippen LogP contribution in [0.25, 0.3) is 0 Å². The molecule has 3 heterocycles. The van der Waals surface area contributed by atoms with Gasteiger partial charge in [-0.25, -0.2) is 9.59 Å². The minimum absolute atomic E-state index is 0.0144. The third-order valence-electron chi connectivity index (χ3n) is 5.71. The van der Waals surface area contributed by atoms with E-state index < -0.39 is 24.1 Å². The fourth-order valence-electron chi connectivity index (χ4n) is 4.41. The highest BCUT2D eigenvalue weighted by atomic mass is 16.6. The number of amides is 2. The molecule has 0 saturated carbocycles. The maximum absolute atomic E-state index is 12.3. The Hall–Kier alpha value is -2.61. The summed E-state index contributed by atoms with van der Waals surface area (Å²) < 4.78 is 5.12. The first-order valence-corrected chi connectivity index (χ1v) is 9.48. The first kappa shape index (κ1) is 20.1. The molecule has 0 aromatic carbocycles. The minimum Gasteiger partial charge on any atom is -0.477 e. The van der Waals surface area contributed by atoms with Crippen LogP contribution in [-0.4, -0.2) is 69.3 Å². The van der Waals surface area contributed by atoms with Gasteiger partial charge in [-0.1, -0.05) is 18.7 Å². The van der Waals surface area contributed by atoms with Gasteiger partial charge in [0.05, 0.1) is 24.1 Å². The highest BCUT2D eigenvalue weighted by Gasteiger charge is 2.56. The van der Waals surface area contributed by atoms with Crippen LogP contribution in [0.1, 0.15) is 33.1 Å². The predicted octanol–water partition coefficient (Wildman–Crippen LogP) is 1.67. The van der Waals surface area contributed by atoms with E-state index in [1.165, 1.54) is 11.0 Å². The zero-order valence-electron chi connectivity index (χ0n) is 16.1. The minimum atomic E-state index is -1.16. The van der Waals surface area contributed by atoms with Gasteiger partial charge in [-0.05, 0) is 44.3 Å². The molecule has 152 valence electrons. The number of nitrogens with zero attached hydrogens (tertiary/aromatic N) is 2. The van der Waals surface area contributed by atoms with E-state index in [1.54, 1.807) is 18.7 Å². The lowest BCUT2D eigenvalue weighted by Crippen LogP contribution is -2.61. The van der Waals surface area contributed by atoms with Gasteiger partial charge < -0.3 is 24.7 Å². The molecule has 4 atom stereocenters. The molecule has 8 nitrogen and oxygen atoms in total. The molecule has 3 rings (SSSR count). The van der Waals surface area contributed by atoms with Gasteiger partial charge in [-0.15, -0.1) is 0 Å². The van der Waals surface area contributed by atoms with E-state index in [4.69, 9.17) is 4.74 Å². The van der Waals surface area contributed by atoms with Gasteiger partial charge in [0, 0.05) is 6.54 Å². The van der Waals surface area contributed by atoms with Crippen LogP contribution in [0.2, 0.25) is 0 Å². The summed E-state index contributed by atoms with van der Waals surface area (Å²) >= 11 is 0. The molecular weight excluding hydrogens is 364 g/mol. The van der Waals surface area contributed by atoms with Crippen LogP contribution in [0, 0.1) is 5.92 Å². The number of aliphatic carboxylic acids is 1. The van der Waals surface area contributed by atoms with Crippen LogP contribution in [0.5, 0.6) is 0 Å². The number of carbonyl (C=O) groups excluding carboxylic acids is 2. The third kappa shape index (κ3) is 3.32. The number of fused-ring (bicyclic) bond motifs is 1. The van der Waals surface area contributed by atoms with E-state index in [2.05, 4.69) is 6.58 Å². The molecule has 0 bridgehead atoms. The van der Waals surface area contributed by atoms with Crippen molar-refractivity contribution in [2.75, 3.05) is 13.2 Å². The Labute approximate surface area is 163 Å². The molecule has 0 aromatic rings. The molecule has 2 saturated heterocycles. The molecule has 2 N–H and O–H groups in total. The second kappa shape index (κ2) is 7.79. The van der Waals surface area contributed by atoms with E-state index in [-0.39, 0.29) is 30.3 Å². The van der Waals surface area contributed by atoms with Crippen LogP contribution >= 0.6 is 0 Å². The van der Waals surface area contributed by atoms with Crippen LogP contribution < -0.4 is 0 Å². The molecule has 8 heteroatoms. The number of aliphatic hydroxyl groups is 1. The monoisotopic (exact) mass is 390 g/mol. The van der Waals surface area contributed by atoms with Crippen molar-refractivity contribution in [2.24, 2.45) is 5.92 Å². The number of likely N-dealkylation sites (tertiary alicyclic amines) is 1. The lowest BCUT2D eigenvalue weighted by atomic mass is 9.82. The Kier molecular flexibility index (Phi) is 5.60. The average molecular weight is 390 g/mol. The third-order valence-corrected chi connectivity index (χ3v) is 5.71. The Morgan fingerprint density at radius 1 is 1.43 bits per heavy atom. The molecule has 28 heavy (non-hydrogen) atoms. The summed E-state index contributed by atoms with van der Waals surface area (Å²) in [5, 5.41) is 19.5. The number of allylic oxidation sites excluding steroid dienone is 1. The molecule has 0 unspecified atom stereocenters. The van der Waals surface area contributed by atoms with E-state index in [9.17, 15) is 24.6 Å². The maximum atomic E-state index is 12.3.